The Morgan fingerprint density at radius 2 is 1.09 bits per heavy atom. The summed E-state index contributed by atoms with van der Waals surface area (Å²) in [5.74, 6) is -1.62. The molecule has 9 rings (SSSR count). The Hall–Kier alpha value is -1.59. The third kappa shape index (κ3) is 13.6. The number of esters is 1. The molecule has 0 radical (unpaired) electrons. The van der Waals surface area contributed by atoms with E-state index in [9.17, 15) is 58.2 Å². The predicted molar refractivity (Wildman–Crippen MR) is 218 cm³/mol. The van der Waals surface area contributed by atoms with Crippen LogP contribution in [0, 0.1) is 0 Å². The van der Waals surface area contributed by atoms with Gasteiger partial charge in [-0.3, -0.25) is 37.4 Å². The normalized spacial score (nSPS) is 28.2. The van der Waals surface area contributed by atoms with E-state index in [1.165, 1.54) is 4.57 Å². The van der Waals surface area contributed by atoms with Crippen LogP contribution >= 0.6 is 23.5 Å². The van der Waals surface area contributed by atoms with Crippen molar-refractivity contribution in [2.45, 2.75) is 80.5 Å². The molecule has 3 saturated heterocycles. The number of imidazole rings is 3. The molecule has 36 nitrogen and oxygen atoms in total. The van der Waals surface area contributed by atoms with E-state index in [1.54, 1.807) is 0 Å². The molecule has 14 atom stereocenters. The molecule has 384 valence electrons. The van der Waals surface area contributed by atoms with Crippen LogP contribution in [0.2, 0.25) is 0 Å². The van der Waals surface area contributed by atoms with E-state index < -0.39 is 134 Å². The maximum atomic E-state index is 13.7. The van der Waals surface area contributed by atoms with Crippen LogP contribution < -0.4 is 161 Å². The number of hydrogen-bond acceptors (Lipinski definition) is 32. The number of nitrogens with one attached hydrogen (secondary N) is 1. The summed E-state index contributed by atoms with van der Waals surface area (Å²) in [6.07, 6.45) is -17.2. The zero-order valence-corrected chi connectivity index (χ0v) is 50.3. The number of aromatic nitrogens is 12. The van der Waals surface area contributed by atoms with Crippen LogP contribution in [0.1, 0.15) is 25.6 Å². The minimum absolute atomic E-state index is 0. The predicted octanol–water partition coefficient (Wildman–Crippen LogP) is -18.1. The molecule has 9 heterocycles. The van der Waals surface area contributed by atoms with Gasteiger partial charge in [-0.15, -0.1) is 0 Å². The number of ether oxygens (including phenoxy) is 4. The Labute approximate surface area is 506 Å². The molecule has 0 amide bonds. The van der Waals surface area contributed by atoms with Crippen molar-refractivity contribution in [3.63, 3.8) is 0 Å². The molecular formula is C32H36N15Na4O21P3. The third-order valence-electron chi connectivity index (χ3n) is 11.0. The molecule has 0 bridgehead atoms. The molecule has 0 aliphatic carbocycles. The number of carbonyl (C=O) groups is 1. The molecule has 3 aliphatic heterocycles. The van der Waals surface area contributed by atoms with Crippen LogP contribution in [0.4, 0.5) is 17.6 Å². The summed E-state index contributed by atoms with van der Waals surface area (Å²) >= 11 is 0. The molecular weight excluding hydrogens is 1120 g/mol. The van der Waals surface area contributed by atoms with Crippen molar-refractivity contribution in [2.75, 3.05) is 37.0 Å². The first-order valence-corrected chi connectivity index (χ1v) is 24.6. The fourth-order valence-electron chi connectivity index (χ4n) is 8.03. The van der Waals surface area contributed by atoms with E-state index in [4.69, 9.17) is 58.8 Å². The van der Waals surface area contributed by atoms with E-state index in [0.717, 1.165) is 47.7 Å². The number of aliphatic hydroxyl groups is 3. The smallest absolute Gasteiger partial charge is 0.790 e. The van der Waals surface area contributed by atoms with Crippen LogP contribution in [-0.2, 0) is 60.1 Å². The standard InChI is InChI=1S/C32H40N15O21P3.4Na/c1-10(49)62-22-21(66-69(53,54)55)13(65-31(22)46-8-41-15-24(34)37-6-39-26(15)46)4-61-71(58,59)68-20-12(64-30(18(20)51)47-9-42-16-27(47)43-32(35)44-28(16)52)3-60-70(56,57)67-19-11(2-48)63-29(17(19)50)45-7-40-14-23(33)36-5-38-25(14)45;;;;/h5-9,11-13,17-22,29-31,48,50-51H,2-4H2,1H3,(H,56,57)(H,58,59)(H2,33,36,38)(H2,34,37,39)(H2,53,54,55)(H3,35,43,44,52);;;;/q;4*+1/p-4/t11-,12-,13-,17-,18-,19-,20-,21-,22-,29-,30-,31-;;;;/m1..../s1. The van der Waals surface area contributed by atoms with E-state index >= 15 is 0 Å². The van der Waals surface area contributed by atoms with Crippen LogP contribution in [0.3, 0.4) is 0 Å². The fourth-order valence-corrected chi connectivity index (χ4v) is 10.5. The average Bonchev–Trinajstić information content (AvgIpc) is 4.15. The second kappa shape index (κ2) is 25.5. The largest absolute Gasteiger partial charge is 1.00 e. The van der Waals surface area contributed by atoms with Crippen LogP contribution in [0.5, 0.6) is 0 Å². The van der Waals surface area contributed by atoms with E-state index in [2.05, 4.69) is 44.9 Å². The summed E-state index contributed by atoms with van der Waals surface area (Å²) in [5, 5.41) is 32.9. The van der Waals surface area contributed by atoms with Gasteiger partial charge in [-0.1, -0.05) is 0 Å². The first kappa shape index (κ1) is 64.2. The molecule has 6 aromatic rings. The number of aliphatic hydroxyl groups excluding tert-OH is 3. The number of nitrogens with zero attached hydrogens (tertiary/aromatic N) is 11. The molecule has 0 saturated carbocycles. The average molecular weight is 1150 g/mol. The van der Waals surface area contributed by atoms with Crippen molar-refractivity contribution in [1.82, 2.24) is 58.6 Å². The summed E-state index contributed by atoms with van der Waals surface area (Å²) in [6.45, 7) is -2.51. The van der Waals surface area contributed by atoms with Gasteiger partial charge in [0, 0.05) is 6.92 Å². The summed E-state index contributed by atoms with van der Waals surface area (Å²) < 4.78 is 90.2. The summed E-state index contributed by atoms with van der Waals surface area (Å²) in [7, 11) is -17.6. The van der Waals surface area contributed by atoms with Crippen molar-refractivity contribution < 1.29 is 213 Å². The van der Waals surface area contributed by atoms with E-state index in [1.807, 2.05) is 0 Å². The number of phosphoric ester groups is 3. The first-order valence-electron chi connectivity index (χ1n) is 20.2. The molecule has 0 aromatic carbocycles. The molecule has 10 N–H and O–H groups in total. The molecule has 75 heavy (non-hydrogen) atoms. The van der Waals surface area contributed by atoms with Gasteiger partial charge in [-0.2, -0.15) is 4.98 Å². The Morgan fingerprint density at radius 3 is 1.59 bits per heavy atom. The van der Waals surface area contributed by atoms with Gasteiger partial charge in [0.15, 0.2) is 58.9 Å². The SMILES string of the molecule is CC(=O)O[C@@H]1[C@H](OP(=O)([O-])[O-])[C@@H](COP(=O)([O-])O[C@H]2[C@@H](O)[C@H](n3cnc4c(=O)[nH]c(N)nc43)O[C@@H]2COP(=O)([O-])O[C@H]2[C@@H](O)[C@H](n3cnc4c(N)ncnc43)O[C@@H]2CO)O[C@H]1n1cnc2c(N)ncnc21.[Na+].[Na+].[Na+].[Na+]. The topological polar surface area (TPSA) is 533 Å². The van der Waals surface area contributed by atoms with Crippen LogP contribution in [0.15, 0.2) is 36.4 Å². The number of nitrogen functional groups attached to an aromatic ring is 3. The summed E-state index contributed by atoms with van der Waals surface area (Å²) in [6, 6.07) is 0. The number of H-pyrrole nitrogens is 1. The molecule has 6 aromatic heterocycles. The van der Waals surface area contributed by atoms with Gasteiger partial charge in [0.25, 0.3) is 21.2 Å². The first-order chi connectivity index (χ1) is 33.5. The Bertz CT molecular complexity index is 3210. The molecule has 0 spiro atoms. The summed E-state index contributed by atoms with van der Waals surface area (Å²) in [4.78, 5) is 110. The second-order valence-electron chi connectivity index (χ2n) is 15.5. The number of phosphoric acid groups is 3. The minimum Gasteiger partial charge on any atom is -0.790 e. The minimum atomic E-state index is -6.00. The number of carbonyl (C=O) groups excluding carboxylic acids is 1. The van der Waals surface area contributed by atoms with Crippen molar-refractivity contribution in [3.05, 3.63) is 42.0 Å². The van der Waals surface area contributed by atoms with Crippen molar-refractivity contribution in [2.24, 2.45) is 0 Å². The second-order valence-corrected chi connectivity index (χ2v) is 19.3. The Kier molecular flexibility index (Phi) is 21.8. The number of nitrogens with two attached hydrogens (primary N) is 3. The third-order valence-corrected chi connectivity index (χ3v) is 13.4. The summed E-state index contributed by atoms with van der Waals surface area (Å²) in [5.41, 5.74) is 16.1. The van der Waals surface area contributed by atoms with Crippen LogP contribution in [0.25, 0.3) is 33.5 Å². The molecule has 3 aliphatic rings. The number of anilines is 3. The number of rotatable bonds is 17. The van der Waals surface area contributed by atoms with Gasteiger partial charge >= 0.3 is 124 Å². The number of aromatic amines is 1. The van der Waals surface area contributed by atoms with Crippen LogP contribution in [-0.4, -0.2) is 155 Å². The molecule has 3 fully saturated rings. The molecule has 43 heteroatoms. The Morgan fingerprint density at radius 1 is 0.653 bits per heavy atom. The number of fused-ring (bicyclic) bond motifs is 3. The monoisotopic (exact) mass is 1150 g/mol. The Balaban J connectivity index is 0.00000260. The maximum absolute atomic E-state index is 13.7. The van der Waals surface area contributed by atoms with E-state index in [-0.39, 0.29) is 163 Å². The van der Waals surface area contributed by atoms with Gasteiger partial charge in [0.05, 0.1) is 46.6 Å². The van der Waals surface area contributed by atoms with Gasteiger partial charge in [0.2, 0.25) is 5.95 Å². The fraction of sp³-hybridized carbons (Fsp3) is 0.500. The van der Waals surface area contributed by atoms with Gasteiger partial charge in [0.1, 0.15) is 72.5 Å². The zero-order chi connectivity index (χ0) is 50.9. The van der Waals surface area contributed by atoms with Crippen molar-refractivity contribution in [3.8, 4) is 0 Å². The van der Waals surface area contributed by atoms with Crippen molar-refractivity contribution in [1.29, 1.82) is 0 Å². The van der Waals surface area contributed by atoms with Gasteiger partial charge in [-0.05, 0) is 0 Å². The van der Waals surface area contributed by atoms with E-state index in [0.29, 0.717) is 0 Å². The quantitative estimate of drug-likeness (QED) is 0.0253. The number of hydrogen-bond donors (Lipinski definition) is 7. The van der Waals surface area contributed by atoms with Gasteiger partial charge in [-0.25, -0.2) is 34.9 Å². The maximum Gasteiger partial charge on any atom is 1.00 e. The van der Waals surface area contributed by atoms with Crippen molar-refractivity contribution >= 4 is 80.5 Å². The molecule has 2 unspecified atom stereocenters. The van der Waals surface area contributed by atoms with Gasteiger partial charge < -0.3 is 98.2 Å². The zero-order valence-electron chi connectivity index (χ0n) is 39.6.